The molecule has 0 fully saturated rings. The number of hydrogen-bond acceptors (Lipinski definition) is 5. The highest BCUT2D eigenvalue weighted by atomic mass is 31.1. The average molecular weight is 357 g/mol. The van der Waals surface area contributed by atoms with Crippen molar-refractivity contribution < 1.29 is 18.9 Å². The van der Waals surface area contributed by atoms with Crippen molar-refractivity contribution in [2.24, 2.45) is 0 Å². The summed E-state index contributed by atoms with van der Waals surface area (Å²) in [6, 6.07) is 11.2. The van der Waals surface area contributed by atoms with Gasteiger partial charge >= 0.3 is 8.03 Å². The molecule has 2 aromatic rings. The smallest absolute Gasteiger partial charge is 0.340 e. The van der Waals surface area contributed by atoms with Crippen molar-refractivity contribution in [2.45, 2.75) is 5.28 Å². The van der Waals surface area contributed by atoms with Gasteiger partial charge < -0.3 is 14.4 Å². The normalized spacial score (nSPS) is 15.2. The Morgan fingerprint density at radius 1 is 0.920 bits per heavy atom. The molecule has 1 aliphatic carbocycles. The Labute approximate surface area is 147 Å². The van der Waals surface area contributed by atoms with Gasteiger partial charge in [-0.1, -0.05) is 28.8 Å². The Morgan fingerprint density at radius 3 is 1.68 bits per heavy atom. The van der Waals surface area contributed by atoms with Crippen LogP contribution in [0, 0.1) is 10.4 Å². The molecule has 0 N–H and O–H groups in total. The van der Waals surface area contributed by atoms with Crippen molar-refractivity contribution in [1.29, 1.82) is 0 Å². The maximum absolute atomic E-state index is 12.3. The maximum atomic E-state index is 12.3. The minimum absolute atomic E-state index is 0.670. The zero-order chi connectivity index (χ0) is 18.2. The molecular formula is C19H20NO4P. The molecule has 0 spiro atoms. The zero-order valence-electron chi connectivity index (χ0n) is 14.6. The maximum Gasteiger partial charge on any atom is 0.340 e. The summed E-state index contributed by atoms with van der Waals surface area (Å²) in [4.78, 5) is 14.0. The van der Waals surface area contributed by atoms with Crippen LogP contribution in [0.2, 0.25) is 0 Å². The number of fused-ring (bicyclic) bond motifs is 2. The summed E-state index contributed by atoms with van der Waals surface area (Å²) < 4.78 is 23.4. The number of methoxy groups -OCH3 is 2. The highest BCUT2D eigenvalue weighted by Crippen LogP contribution is 2.38. The molecule has 1 atom stereocenters. The number of benzene rings is 2. The van der Waals surface area contributed by atoms with E-state index in [0.29, 0.717) is 11.5 Å². The molecule has 0 aromatic heterocycles. The largest absolute Gasteiger partial charge is 0.593 e. The average Bonchev–Trinajstić information content (AvgIpc) is 2.76. The SMILES string of the molecule is COc1cccc2c1=c1c(OC)cccc1=CC(N(C)C)([P+](=O)[O-])C=2. The van der Waals surface area contributed by atoms with Gasteiger partial charge in [0.2, 0.25) is 0 Å². The van der Waals surface area contributed by atoms with Gasteiger partial charge in [0.1, 0.15) is 11.5 Å². The first kappa shape index (κ1) is 17.6. The van der Waals surface area contributed by atoms with Crippen molar-refractivity contribution in [3.8, 4) is 11.5 Å². The van der Waals surface area contributed by atoms with E-state index in [1.807, 2.05) is 36.4 Å². The molecule has 25 heavy (non-hydrogen) atoms. The van der Waals surface area contributed by atoms with Gasteiger partial charge in [0.05, 0.1) is 14.2 Å². The van der Waals surface area contributed by atoms with E-state index in [2.05, 4.69) is 0 Å². The Hall–Kier alpha value is -2.20. The van der Waals surface area contributed by atoms with Crippen LogP contribution in [-0.4, -0.2) is 38.5 Å². The van der Waals surface area contributed by atoms with E-state index in [4.69, 9.17) is 9.47 Å². The monoisotopic (exact) mass is 357 g/mol. The number of nitrogens with zero attached hydrogens (tertiary/aromatic N) is 1. The zero-order valence-corrected chi connectivity index (χ0v) is 15.5. The Kier molecular flexibility index (Phi) is 4.65. The van der Waals surface area contributed by atoms with Gasteiger partial charge in [-0.15, -0.1) is 0 Å². The van der Waals surface area contributed by atoms with Crippen LogP contribution in [0.25, 0.3) is 12.2 Å². The lowest BCUT2D eigenvalue weighted by atomic mass is 10.1. The van der Waals surface area contributed by atoms with Gasteiger partial charge in [0.25, 0.3) is 5.28 Å². The van der Waals surface area contributed by atoms with Crippen LogP contribution < -0.4 is 24.8 Å². The summed E-state index contributed by atoms with van der Waals surface area (Å²) in [6.07, 6.45) is 3.52. The second kappa shape index (κ2) is 6.60. The third-order valence-corrected chi connectivity index (χ3v) is 5.79. The lowest BCUT2D eigenvalue weighted by molar-refractivity contribution is -0.169. The fourth-order valence-electron chi connectivity index (χ4n) is 3.24. The van der Waals surface area contributed by atoms with Crippen molar-refractivity contribution in [2.75, 3.05) is 28.3 Å². The van der Waals surface area contributed by atoms with Crippen LogP contribution >= 0.6 is 8.03 Å². The van der Waals surface area contributed by atoms with E-state index in [0.717, 1.165) is 20.9 Å². The molecule has 2 aromatic carbocycles. The summed E-state index contributed by atoms with van der Waals surface area (Å²) >= 11 is 0. The fraction of sp³-hybridized carbons (Fsp3) is 0.263. The molecular weight excluding hydrogens is 337 g/mol. The molecule has 0 amide bonds. The van der Waals surface area contributed by atoms with Crippen LogP contribution in [0.4, 0.5) is 0 Å². The van der Waals surface area contributed by atoms with E-state index < -0.39 is 13.3 Å². The predicted molar refractivity (Wildman–Crippen MR) is 95.9 cm³/mol. The molecule has 1 aliphatic rings. The second-order valence-electron chi connectivity index (χ2n) is 6.07. The molecule has 0 aliphatic heterocycles. The highest BCUT2D eigenvalue weighted by molar-refractivity contribution is 7.39. The van der Waals surface area contributed by atoms with Gasteiger partial charge in [0, 0.05) is 10.4 Å². The lowest BCUT2D eigenvalue weighted by Gasteiger charge is -2.25. The fourth-order valence-corrected chi connectivity index (χ4v) is 4.05. The molecule has 130 valence electrons. The van der Waals surface area contributed by atoms with Crippen molar-refractivity contribution >= 4 is 20.2 Å². The molecule has 5 nitrogen and oxygen atoms in total. The summed E-state index contributed by atoms with van der Waals surface area (Å²) in [5.41, 5.74) is 0. The number of rotatable bonds is 4. The third-order valence-electron chi connectivity index (χ3n) is 4.55. The first-order valence-corrected chi connectivity index (χ1v) is 9.00. The molecule has 0 radical (unpaired) electrons. The van der Waals surface area contributed by atoms with Crippen molar-refractivity contribution in [3.63, 3.8) is 0 Å². The van der Waals surface area contributed by atoms with Crippen LogP contribution in [-0.2, 0) is 4.57 Å². The first-order valence-electron chi connectivity index (χ1n) is 7.82. The molecule has 3 rings (SSSR count). The van der Waals surface area contributed by atoms with E-state index in [1.54, 1.807) is 45.4 Å². The minimum Gasteiger partial charge on any atom is -0.593 e. The third kappa shape index (κ3) is 2.74. The van der Waals surface area contributed by atoms with Gasteiger partial charge in [0.15, 0.2) is 0 Å². The van der Waals surface area contributed by atoms with Crippen LogP contribution in [0.3, 0.4) is 0 Å². The summed E-state index contributed by atoms with van der Waals surface area (Å²) in [7, 11) is 3.91. The summed E-state index contributed by atoms with van der Waals surface area (Å²) in [5, 5.41) is 1.98. The van der Waals surface area contributed by atoms with Gasteiger partial charge in [-0.2, -0.15) is 0 Å². The van der Waals surface area contributed by atoms with Crippen LogP contribution in [0.15, 0.2) is 36.4 Å². The number of hydrogen-bond donors (Lipinski definition) is 0. The predicted octanol–water partition coefficient (Wildman–Crippen LogP) is 0.926. The van der Waals surface area contributed by atoms with Crippen molar-refractivity contribution in [3.05, 3.63) is 57.3 Å². The Morgan fingerprint density at radius 2 is 1.36 bits per heavy atom. The van der Waals surface area contributed by atoms with Crippen LogP contribution in [0.5, 0.6) is 11.5 Å². The Bertz CT molecular complexity index is 975. The minimum atomic E-state index is -2.80. The quantitative estimate of drug-likeness (QED) is 0.762. The van der Waals surface area contributed by atoms with E-state index >= 15 is 0 Å². The molecule has 0 saturated carbocycles. The summed E-state index contributed by atoms with van der Waals surface area (Å²) in [5.74, 6) is 1.34. The Balaban J connectivity index is 2.72. The van der Waals surface area contributed by atoms with Crippen molar-refractivity contribution in [1.82, 2.24) is 4.90 Å². The molecule has 6 heteroatoms. The molecule has 1 unspecified atom stereocenters. The van der Waals surface area contributed by atoms with E-state index in [1.165, 1.54) is 0 Å². The van der Waals surface area contributed by atoms with Gasteiger partial charge in [-0.05, 0) is 48.8 Å². The molecule has 0 bridgehead atoms. The van der Waals surface area contributed by atoms with Crippen LogP contribution in [0.1, 0.15) is 0 Å². The van der Waals surface area contributed by atoms with E-state index in [-0.39, 0.29) is 0 Å². The summed E-state index contributed by atoms with van der Waals surface area (Å²) in [6.45, 7) is 0. The first-order chi connectivity index (χ1) is 11.9. The second-order valence-corrected chi connectivity index (χ2v) is 7.30. The van der Waals surface area contributed by atoms with Gasteiger partial charge in [-0.25, -0.2) is 0 Å². The molecule has 0 heterocycles. The van der Waals surface area contributed by atoms with E-state index in [9.17, 15) is 9.46 Å². The number of ether oxygens (including phenoxy) is 2. The lowest BCUT2D eigenvalue weighted by Crippen LogP contribution is -2.41. The standard InChI is InChI=1S/C19H20NO4P/c1-20(2)19(25(21)22)11-13-7-5-9-15(23-3)17(13)18-14(12-19)8-6-10-16(18)24-4/h5-12H,1-4H3. The molecule has 0 saturated heterocycles. The van der Waals surface area contributed by atoms with Gasteiger partial charge in [-0.3, -0.25) is 4.90 Å². The topological polar surface area (TPSA) is 61.8 Å². The highest BCUT2D eigenvalue weighted by Gasteiger charge is 2.42.